The summed E-state index contributed by atoms with van der Waals surface area (Å²) >= 11 is 5.73. The van der Waals surface area contributed by atoms with Gasteiger partial charge in [-0.15, -0.1) is 0 Å². The highest BCUT2D eigenvalue weighted by Gasteiger charge is 2.35. The number of hydrogen-bond acceptors (Lipinski definition) is 2. The van der Waals surface area contributed by atoms with E-state index >= 15 is 0 Å². The Morgan fingerprint density at radius 3 is 2.76 bits per heavy atom. The van der Waals surface area contributed by atoms with Crippen molar-refractivity contribution in [3.8, 4) is 0 Å². The first-order valence-electron chi connectivity index (χ1n) is 4.92. The van der Waals surface area contributed by atoms with E-state index in [4.69, 9.17) is 11.6 Å². The van der Waals surface area contributed by atoms with Gasteiger partial charge in [-0.2, -0.15) is 13.2 Å². The maximum absolute atomic E-state index is 12.8. The summed E-state index contributed by atoms with van der Waals surface area (Å²) in [5, 5.41) is 3.01. The first-order valence-corrected chi connectivity index (χ1v) is 5.30. The molecular formula is C10H9ClF3N3. The Balaban J connectivity index is 2.73. The van der Waals surface area contributed by atoms with E-state index in [1.807, 2.05) is 0 Å². The Hall–Kier alpha value is -1.43. The second-order valence-electron chi connectivity index (χ2n) is 3.45. The molecule has 2 heterocycles. The smallest absolute Gasteiger partial charge is 0.385 e. The van der Waals surface area contributed by atoms with Gasteiger partial charge in [0.1, 0.15) is 10.8 Å². The molecule has 0 amide bonds. The summed E-state index contributed by atoms with van der Waals surface area (Å²) in [5.41, 5.74) is -0.288. The van der Waals surface area contributed by atoms with Crippen LogP contribution in [-0.4, -0.2) is 16.5 Å². The number of pyridine rings is 1. The van der Waals surface area contributed by atoms with Crippen LogP contribution in [0.15, 0.2) is 12.3 Å². The topological polar surface area (TPSA) is 40.7 Å². The normalized spacial score (nSPS) is 12.1. The zero-order valence-corrected chi connectivity index (χ0v) is 9.58. The molecule has 2 aromatic heterocycles. The van der Waals surface area contributed by atoms with Gasteiger partial charge in [-0.25, -0.2) is 4.98 Å². The molecule has 2 N–H and O–H groups in total. The summed E-state index contributed by atoms with van der Waals surface area (Å²) in [6, 6.07) is 1.39. The minimum Gasteiger partial charge on any atom is -0.385 e. The van der Waals surface area contributed by atoms with Gasteiger partial charge in [0.25, 0.3) is 0 Å². The minimum absolute atomic E-state index is 0.0174. The molecule has 0 bridgehead atoms. The van der Waals surface area contributed by atoms with Gasteiger partial charge < -0.3 is 10.3 Å². The Kier molecular flexibility index (Phi) is 2.91. The van der Waals surface area contributed by atoms with E-state index in [1.54, 1.807) is 6.92 Å². The molecule has 2 aromatic rings. The van der Waals surface area contributed by atoms with Crippen LogP contribution in [-0.2, 0) is 6.18 Å². The van der Waals surface area contributed by atoms with Crippen LogP contribution in [0.3, 0.4) is 0 Å². The third-order valence-corrected chi connectivity index (χ3v) is 2.48. The fraction of sp³-hybridized carbons (Fsp3) is 0.300. The lowest BCUT2D eigenvalue weighted by molar-refractivity contribution is -0.136. The van der Waals surface area contributed by atoms with Gasteiger partial charge in [-0.05, 0) is 13.0 Å². The van der Waals surface area contributed by atoms with Gasteiger partial charge in [0.2, 0.25) is 0 Å². The molecule has 0 aliphatic rings. The predicted molar refractivity (Wildman–Crippen MR) is 60.3 cm³/mol. The van der Waals surface area contributed by atoms with E-state index in [2.05, 4.69) is 15.3 Å². The second-order valence-corrected chi connectivity index (χ2v) is 3.83. The van der Waals surface area contributed by atoms with Crippen molar-refractivity contribution < 1.29 is 13.2 Å². The van der Waals surface area contributed by atoms with Gasteiger partial charge in [-0.3, -0.25) is 0 Å². The number of halogens is 4. The third-order valence-electron chi connectivity index (χ3n) is 2.28. The molecule has 3 nitrogen and oxygen atoms in total. The lowest BCUT2D eigenvalue weighted by atomic mass is 10.2. The Bertz CT molecular complexity index is 547. The lowest BCUT2D eigenvalue weighted by Crippen LogP contribution is -2.06. The lowest BCUT2D eigenvalue weighted by Gasteiger charge is -2.09. The molecule has 7 heteroatoms. The summed E-state index contributed by atoms with van der Waals surface area (Å²) in [7, 11) is 0. The van der Waals surface area contributed by atoms with Crippen LogP contribution >= 0.6 is 11.6 Å². The monoisotopic (exact) mass is 263 g/mol. The molecule has 17 heavy (non-hydrogen) atoms. The second kappa shape index (κ2) is 4.10. The Morgan fingerprint density at radius 1 is 1.47 bits per heavy atom. The number of anilines is 1. The number of rotatable bonds is 2. The van der Waals surface area contributed by atoms with Crippen molar-refractivity contribution in [2.24, 2.45) is 0 Å². The summed E-state index contributed by atoms with van der Waals surface area (Å²) in [5.74, 6) is 0. The number of fused-ring (bicyclic) bond motifs is 1. The molecule has 0 spiro atoms. The van der Waals surface area contributed by atoms with E-state index in [0.717, 1.165) is 6.20 Å². The Morgan fingerprint density at radius 2 is 2.18 bits per heavy atom. The number of nitrogens with zero attached hydrogens (tertiary/aromatic N) is 1. The fourth-order valence-electron chi connectivity index (χ4n) is 1.66. The standard InChI is InChI=1S/C10H9ClF3N3/c1-2-15-6-3-7(11)17-9-8(6)5(4-16-9)10(12,13)14/h3-4H,2H2,1H3,(H2,15,16,17). The molecule has 2 rings (SSSR count). The number of H-pyrrole nitrogens is 1. The van der Waals surface area contributed by atoms with Crippen LogP contribution in [0.2, 0.25) is 5.15 Å². The number of alkyl halides is 3. The van der Waals surface area contributed by atoms with Crippen LogP contribution in [0.5, 0.6) is 0 Å². The van der Waals surface area contributed by atoms with Crippen molar-refractivity contribution in [1.82, 2.24) is 9.97 Å². The summed E-state index contributed by atoms with van der Waals surface area (Å²) in [4.78, 5) is 6.30. The number of aromatic amines is 1. The van der Waals surface area contributed by atoms with Crippen LogP contribution in [0.1, 0.15) is 12.5 Å². The van der Waals surface area contributed by atoms with Gasteiger partial charge in [0.15, 0.2) is 0 Å². The predicted octanol–water partition coefficient (Wildman–Crippen LogP) is 3.67. The molecular weight excluding hydrogens is 255 g/mol. The maximum atomic E-state index is 12.8. The summed E-state index contributed by atoms with van der Waals surface area (Å²) in [6.45, 7) is 2.29. The third kappa shape index (κ3) is 2.17. The van der Waals surface area contributed by atoms with Gasteiger partial charge in [0.05, 0.1) is 10.9 Å². The van der Waals surface area contributed by atoms with Crippen molar-refractivity contribution in [1.29, 1.82) is 0 Å². The summed E-state index contributed by atoms with van der Waals surface area (Å²) in [6.07, 6.45) is -3.52. The largest absolute Gasteiger partial charge is 0.418 e. The highest BCUT2D eigenvalue weighted by Crippen LogP contribution is 2.38. The van der Waals surface area contributed by atoms with Crippen LogP contribution in [0.25, 0.3) is 11.0 Å². The van der Waals surface area contributed by atoms with Crippen molar-refractivity contribution in [2.75, 3.05) is 11.9 Å². The number of hydrogen-bond donors (Lipinski definition) is 2. The SMILES string of the molecule is CCNc1cc(Cl)nc2[nH]cc(C(F)(F)F)c12. The van der Waals surface area contributed by atoms with Gasteiger partial charge >= 0.3 is 6.18 Å². The highest BCUT2D eigenvalue weighted by molar-refractivity contribution is 6.30. The molecule has 0 fully saturated rings. The van der Waals surface area contributed by atoms with Crippen LogP contribution in [0, 0.1) is 0 Å². The van der Waals surface area contributed by atoms with E-state index in [0.29, 0.717) is 12.2 Å². The first-order chi connectivity index (χ1) is 7.93. The van der Waals surface area contributed by atoms with Crippen molar-refractivity contribution >= 4 is 28.3 Å². The number of nitrogens with one attached hydrogen (secondary N) is 2. The number of aromatic nitrogens is 2. The molecule has 0 aromatic carbocycles. The van der Waals surface area contributed by atoms with Crippen molar-refractivity contribution in [3.63, 3.8) is 0 Å². The van der Waals surface area contributed by atoms with E-state index < -0.39 is 11.7 Å². The average Bonchev–Trinajstić information content (AvgIpc) is 2.60. The van der Waals surface area contributed by atoms with Gasteiger partial charge in [0, 0.05) is 18.4 Å². The molecule has 92 valence electrons. The van der Waals surface area contributed by atoms with Crippen molar-refractivity contribution in [3.05, 3.63) is 23.0 Å². The fourth-order valence-corrected chi connectivity index (χ4v) is 1.85. The van der Waals surface area contributed by atoms with Crippen LogP contribution in [0.4, 0.5) is 18.9 Å². The van der Waals surface area contributed by atoms with Gasteiger partial charge in [-0.1, -0.05) is 11.6 Å². The summed E-state index contributed by atoms with van der Waals surface area (Å²) < 4.78 is 38.3. The van der Waals surface area contributed by atoms with E-state index in [1.165, 1.54) is 6.07 Å². The zero-order chi connectivity index (χ0) is 12.6. The zero-order valence-electron chi connectivity index (χ0n) is 8.82. The highest BCUT2D eigenvalue weighted by atomic mass is 35.5. The van der Waals surface area contributed by atoms with Crippen molar-refractivity contribution in [2.45, 2.75) is 13.1 Å². The molecule has 0 saturated carbocycles. The van der Waals surface area contributed by atoms with E-state index in [9.17, 15) is 13.2 Å². The molecule has 0 atom stereocenters. The minimum atomic E-state index is -4.42. The molecule has 0 unspecified atom stereocenters. The molecule has 0 aliphatic heterocycles. The molecule has 0 aliphatic carbocycles. The van der Waals surface area contributed by atoms with Crippen LogP contribution < -0.4 is 5.32 Å². The maximum Gasteiger partial charge on any atom is 0.418 e. The quantitative estimate of drug-likeness (QED) is 0.812. The molecule has 0 saturated heterocycles. The first kappa shape index (κ1) is 12.0. The average molecular weight is 264 g/mol. The van der Waals surface area contributed by atoms with E-state index in [-0.39, 0.29) is 16.2 Å². The Labute approximate surface area is 100.0 Å². The molecule has 0 radical (unpaired) electrons.